The average molecular weight is 461 g/mol. The third-order valence-electron chi connectivity index (χ3n) is 5.11. The van der Waals surface area contributed by atoms with Crippen molar-refractivity contribution in [1.82, 2.24) is 14.1 Å². The van der Waals surface area contributed by atoms with Crippen LogP contribution in [-0.2, 0) is 29.2 Å². The second-order valence-corrected chi connectivity index (χ2v) is 8.10. The van der Waals surface area contributed by atoms with Crippen LogP contribution in [0.1, 0.15) is 18.9 Å². The SMILES string of the molecule is COCc1ccc(Nc2nc(=O)n(C[C@H](C)C(=O)O)c(=O)n2CC2C=CC(Cl)=CC2)cc1. The molecule has 32 heavy (non-hydrogen) atoms. The normalized spacial score (nSPS) is 16.5. The van der Waals surface area contributed by atoms with E-state index < -0.39 is 23.3 Å². The van der Waals surface area contributed by atoms with Crippen LogP contribution in [0.4, 0.5) is 11.6 Å². The van der Waals surface area contributed by atoms with Crippen molar-refractivity contribution in [1.29, 1.82) is 0 Å². The molecular weight excluding hydrogens is 436 g/mol. The number of carbonyl (C=O) groups is 1. The number of aliphatic carboxylic acids is 1. The van der Waals surface area contributed by atoms with Crippen molar-refractivity contribution in [3.8, 4) is 0 Å². The van der Waals surface area contributed by atoms with Crippen molar-refractivity contribution in [2.45, 2.75) is 33.0 Å². The molecule has 3 rings (SSSR count). The van der Waals surface area contributed by atoms with Gasteiger partial charge in [-0.2, -0.15) is 4.98 Å². The molecule has 0 spiro atoms. The third-order valence-corrected chi connectivity index (χ3v) is 5.39. The van der Waals surface area contributed by atoms with Crippen LogP contribution in [-0.4, -0.2) is 32.3 Å². The van der Waals surface area contributed by atoms with Crippen LogP contribution in [0.15, 0.2) is 57.1 Å². The number of methoxy groups -OCH3 is 1. The van der Waals surface area contributed by atoms with Crippen molar-refractivity contribution in [3.05, 3.63) is 74.1 Å². The second-order valence-electron chi connectivity index (χ2n) is 7.66. The molecule has 1 aromatic heterocycles. The molecule has 10 heteroatoms. The summed E-state index contributed by atoms with van der Waals surface area (Å²) in [5.74, 6) is -1.97. The van der Waals surface area contributed by atoms with E-state index in [9.17, 15) is 19.5 Å². The van der Waals surface area contributed by atoms with Gasteiger partial charge in [-0.15, -0.1) is 0 Å². The minimum absolute atomic E-state index is 0.0375. The number of hydrogen-bond acceptors (Lipinski definition) is 6. The summed E-state index contributed by atoms with van der Waals surface area (Å²) in [6, 6.07) is 7.32. The van der Waals surface area contributed by atoms with Crippen LogP contribution in [0.5, 0.6) is 0 Å². The predicted molar refractivity (Wildman–Crippen MR) is 121 cm³/mol. The Hall–Kier alpha value is -3.17. The molecule has 0 aliphatic heterocycles. The Bertz CT molecular complexity index is 1150. The quantitative estimate of drug-likeness (QED) is 0.591. The first kappa shape index (κ1) is 23.5. The molecule has 0 saturated carbocycles. The van der Waals surface area contributed by atoms with Crippen LogP contribution < -0.4 is 16.7 Å². The molecule has 0 radical (unpaired) electrons. The van der Waals surface area contributed by atoms with Gasteiger partial charge in [0.15, 0.2) is 0 Å². The molecule has 170 valence electrons. The molecule has 1 unspecified atom stereocenters. The Labute approximate surface area is 189 Å². The predicted octanol–water partition coefficient (Wildman–Crippen LogP) is 2.71. The number of carboxylic acids is 1. The number of ether oxygens (including phenoxy) is 1. The number of rotatable bonds is 9. The lowest BCUT2D eigenvalue weighted by Crippen LogP contribution is -2.45. The van der Waals surface area contributed by atoms with Gasteiger partial charge < -0.3 is 15.2 Å². The molecule has 0 bridgehead atoms. The van der Waals surface area contributed by atoms with Gasteiger partial charge in [0.1, 0.15) is 0 Å². The maximum absolute atomic E-state index is 13.2. The van der Waals surface area contributed by atoms with E-state index in [-0.39, 0.29) is 25.0 Å². The fourth-order valence-electron chi connectivity index (χ4n) is 3.29. The highest BCUT2D eigenvalue weighted by Crippen LogP contribution is 2.21. The molecule has 1 aliphatic rings. The summed E-state index contributed by atoms with van der Waals surface area (Å²) < 4.78 is 7.33. The summed E-state index contributed by atoms with van der Waals surface area (Å²) in [5.41, 5.74) is 0.187. The minimum Gasteiger partial charge on any atom is -0.481 e. The van der Waals surface area contributed by atoms with Gasteiger partial charge in [-0.1, -0.05) is 42.8 Å². The number of nitrogens with zero attached hydrogens (tertiary/aromatic N) is 3. The van der Waals surface area contributed by atoms with Crippen LogP contribution >= 0.6 is 11.6 Å². The van der Waals surface area contributed by atoms with Crippen LogP contribution in [0.3, 0.4) is 0 Å². The topological polar surface area (TPSA) is 115 Å². The Morgan fingerprint density at radius 1 is 1.31 bits per heavy atom. The van der Waals surface area contributed by atoms with Gasteiger partial charge in [0.05, 0.1) is 12.5 Å². The van der Waals surface area contributed by atoms with Gasteiger partial charge in [0.2, 0.25) is 5.95 Å². The number of carboxylic acid groups (broad SMARTS) is 1. The lowest BCUT2D eigenvalue weighted by atomic mass is 10.0. The number of nitrogens with one attached hydrogen (secondary N) is 1. The number of hydrogen-bond donors (Lipinski definition) is 2. The van der Waals surface area contributed by atoms with Gasteiger partial charge >= 0.3 is 17.3 Å². The zero-order chi connectivity index (χ0) is 23.3. The zero-order valence-electron chi connectivity index (χ0n) is 17.8. The highest BCUT2D eigenvalue weighted by molar-refractivity contribution is 6.31. The Kier molecular flexibility index (Phi) is 7.66. The second kappa shape index (κ2) is 10.4. The summed E-state index contributed by atoms with van der Waals surface area (Å²) >= 11 is 5.99. The zero-order valence-corrected chi connectivity index (χ0v) is 18.6. The maximum Gasteiger partial charge on any atom is 0.354 e. The van der Waals surface area contributed by atoms with Crippen molar-refractivity contribution < 1.29 is 14.6 Å². The Morgan fingerprint density at radius 3 is 2.62 bits per heavy atom. The summed E-state index contributed by atoms with van der Waals surface area (Å²) in [6.07, 6.45) is 6.14. The van der Waals surface area contributed by atoms with E-state index in [1.54, 1.807) is 25.3 Å². The summed E-state index contributed by atoms with van der Waals surface area (Å²) in [4.78, 5) is 41.1. The number of allylic oxidation sites excluding steroid dienone is 4. The van der Waals surface area contributed by atoms with E-state index in [1.165, 1.54) is 11.5 Å². The molecule has 0 saturated heterocycles. The molecule has 1 heterocycles. The van der Waals surface area contributed by atoms with Gasteiger partial charge in [-0.25, -0.2) is 14.2 Å². The van der Waals surface area contributed by atoms with Gasteiger partial charge in [0, 0.05) is 30.9 Å². The van der Waals surface area contributed by atoms with Crippen molar-refractivity contribution in [3.63, 3.8) is 0 Å². The van der Waals surface area contributed by atoms with Crippen molar-refractivity contribution >= 4 is 29.2 Å². The number of benzene rings is 1. The number of aromatic nitrogens is 3. The monoisotopic (exact) mass is 460 g/mol. The molecule has 2 atom stereocenters. The average Bonchev–Trinajstić information content (AvgIpc) is 2.76. The van der Waals surface area contributed by atoms with E-state index in [4.69, 9.17) is 16.3 Å². The molecule has 0 amide bonds. The largest absolute Gasteiger partial charge is 0.481 e. The van der Waals surface area contributed by atoms with Gasteiger partial charge in [-0.05, 0) is 36.1 Å². The lowest BCUT2D eigenvalue weighted by molar-refractivity contribution is -0.141. The van der Waals surface area contributed by atoms with Gasteiger partial charge in [-0.3, -0.25) is 9.36 Å². The first-order valence-electron chi connectivity index (χ1n) is 10.1. The first-order valence-corrected chi connectivity index (χ1v) is 10.5. The van der Waals surface area contributed by atoms with Crippen LogP contribution in [0.25, 0.3) is 0 Å². The summed E-state index contributed by atoms with van der Waals surface area (Å²) in [5, 5.41) is 12.9. The van der Waals surface area contributed by atoms with E-state index >= 15 is 0 Å². The third kappa shape index (κ3) is 5.74. The van der Waals surface area contributed by atoms with Crippen LogP contribution in [0, 0.1) is 11.8 Å². The molecular formula is C22H25ClN4O5. The highest BCUT2D eigenvalue weighted by atomic mass is 35.5. The standard InChI is InChI=1S/C22H25ClN4O5/c1-14(19(28)29)11-27-21(30)25-20(24-18-9-5-16(6-10-18)13-32-2)26(22(27)31)12-15-3-7-17(23)8-4-15/h3,5-10,14-15H,4,11-13H2,1-2H3,(H,28,29)(H,24,25,30)/t14-,15?/m0/s1. The van der Waals surface area contributed by atoms with E-state index in [2.05, 4.69) is 10.3 Å². The smallest absolute Gasteiger partial charge is 0.354 e. The fourth-order valence-corrected chi connectivity index (χ4v) is 3.45. The van der Waals surface area contributed by atoms with E-state index in [0.29, 0.717) is 23.7 Å². The van der Waals surface area contributed by atoms with E-state index in [1.807, 2.05) is 24.3 Å². The lowest BCUT2D eigenvalue weighted by Gasteiger charge is -2.20. The Morgan fingerprint density at radius 2 is 2.03 bits per heavy atom. The maximum atomic E-state index is 13.2. The van der Waals surface area contributed by atoms with Crippen molar-refractivity contribution in [2.75, 3.05) is 12.4 Å². The number of anilines is 2. The number of halogens is 1. The van der Waals surface area contributed by atoms with Gasteiger partial charge in [0.25, 0.3) is 0 Å². The van der Waals surface area contributed by atoms with Crippen LogP contribution in [0.2, 0.25) is 0 Å². The molecule has 2 aromatic rings. The summed E-state index contributed by atoms with van der Waals surface area (Å²) in [7, 11) is 1.61. The highest BCUT2D eigenvalue weighted by Gasteiger charge is 2.20. The molecule has 9 nitrogen and oxygen atoms in total. The minimum atomic E-state index is -1.10. The molecule has 0 fully saturated rings. The van der Waals surface area contributed by atoms with Crippen molar-refractivity contribution in [2.24, 2.45) is 11.8 Å². The fraction of sp³-hybridized carbons (Fsp3) is 0.364. The molecule has 1 aliphatic carbocycles. The first-order chi connectivity index (χ1) is 15.3. The Balaban J connectivity index is 1.98. The van der Waals surface area contributed by atoms with E-state index in [0.717, 1.165) is 10.1 Å². The molecule has 1 aromatic carbocycles. The summed E-state index contributed by atoms with van der Waals surface area (Å²) in [6.45, 7) is 1.88. The molecule has 2 N–H and O–H groups in total.